The lowest BCUT2D eigenvalue weighted by Crippen LogP contribution is -2.41. The van der Waals surface area contributed by atoms with E-state index in [1.54, 1.807) is 0 Å². The van der Waals surface area contributed by atoms with Gasteiger partial charge < -0.3 is 15.4 Å². The van der Waals surface area contributed by atoms with Crippen molar-refractivity contribution in [2.75, 3.05) is 13.1 Å². The summed E-state index contributed by atoms with van der Waals surface area (Å²) in [7, 11) is 0. The Labute approximate surface area is 118 Å². The second-order valence-corrected chi connectivity index (χ2v) is 5.44. The maximum Gasteiger partial charge on any atom is 0.261 e. The summed E-state index contributed by atoms with van der Waals surface area (Å²) in [4.78, 5) is 12.1. The molecule has 2 heterocycles. The molecule has 2 fully saturated rings. The van der Waals surface area contributed by atoms with Crippen molar-refractivity contribution in [1.82, 2.24) is 10.6 Å². The summed E-state index contributed by atoms with van der Waals surface area (Å²) in [5, 5.41) is 6.45. The van der Waals surface area contributed by atoms with Crippen LogP contribution < -0.4 is 15.4 Å². The first kappa shape index (κ1) is 12.8. The van der Waals surface area contributed by atoms with Gasteiger partial charge in [-0.05, 0) is 23.5 Å². The molecular formula is C14H17ClN2O2. The van der Waals surface area contributed by atoms with Gasteiger partial charge in [0.05, 0.1) is 0 Å². The molecule has 1 aromatic rings. The van der Waals surface area contributed by atoms with Gasteiger partial charge in [0, 0.05) is 25.6 Å². The monoisotopic (exact) mass is 280 g/mol. The molecule has 3 unspecified atom stereocenters. The molecule has 0 aromatic heterocycles. The number of amides is 1. The Balaban J connectivity index is 0.00000110. The fraction of sp³-hybridized carbons (Fsp3) is 0.500. The first-order valence-electron chi connectivity index (χ1n) is 6.58. The molecule has 2 N–H and O–H groups in total. The first-order valence-corrected chi connectivity index (χ1v) is 6.58. The molecule has 1 aliphatic carbocycles. The summed E-state index contributed by atoms with van der Waals surface area (Å²) in [6, 6.07) is 8.26. The number of nitrogens with one attached hydrogen (secondary N) is 2. The molecule has 0 bridgehead atoms. The van der Waals surface area contributed by atoms with Gasteiger partial charge in [-0.3, -0.25) is 4.79 Å². The highest BCUT2D eigenvalue weighted by molar-refractivity contribution is 5.85. The number of halogens is 1. The van der Waals surface area contributed by atoms with Crippen molar-refractivity contribution < 1.29 is 9.53 Å². The Morgan fingerprint density at radius 3 is 2.74 bits per heavy atom. The van der Waals surface area contributed by atoms with E-state index in [-0.39, 0.29) is 24.4 Å². The van der Waals surface area contributed by atoms with Crippen LogP contribution in [0.1, 0.15) is 5.56 Å². The van der Waals surface area contributed by atoms with Crippen LogP contribution in [0.5, 0.6) is 5.75 Å². The number of hydrogen-bond acceptors (Lipinski definition) is 3. The minimum Gasteiger partial charge on any atom is -0.480 e. The number of piperidine rings is 1. The van der Waals surface area contributed by atoms with E-state index < -0.39 is 0 Å². The number of hydrogen-bond donors (Lipinski definition) is 2. The third kappa shape index (κ3) is 2.09. The van der Waals surface area contributed by atoms with E-state index in [1.165, 1.54) is 0 Å². The van der Waals surface area contributed by atoms with Crippen LogP contribution in [0.25, 0.3) is 0 Å². The van der Waals surface area contributed by atoms with Gasteiger partial charge >= 0.3 is 0 Å². The highest BCUT2D eigenvalue weighted by Gasteiger charge is 2.54. The summed E-state index contributed by atoms with van der Waals surface area (Å²) in [5.74, 6) is 2.20. The lowest BCUT2D eigenvalue weighted by molar-refractivity contribution is -0.127. The molecule has 3 atom stereocenters. The van der Waals surface area contributed by atoms with Crippen molar-refractivity contribution in [3.63, 3.8) is 0 Å². The molecule has 1 saturated carbocycles. The van der Waals surface area contributed by atoms with Gasteiger partial charge in [0.25, 0.3) is 5.91 Å². The Hall–Kier alpha value is -1.26. The van der Waals surface area contributed by atoms with E-state index in [9.17, 15) is 4.79 Å². The number of carbonyl (C=O) groups excluding carboxylic acids is 1. The van der Waals surface area contributed by atoms with Crippen molar-refractivity contribution in [3.8, 4) is 5.75 Å². The van der Waals surface area contributed by atoms with E-state index in [0.717, 1.165) is 24.4 Å². The van der Waals surface area contributed by atoms with E-state index in [4.69, 9.17) is 4.74 Å². The maximum absolute atomic E-state index is 12.1. The molecule has 1 amide bonds. The van der Waals surface area contributed by atoms with Crippen LogP contribution in [0.2, 0.25) is 0 Å². The minimum absolute atomic E-state index is 0. The number of benzene rings is 1. The van der Waals surface area contributed by atoms with Crippen molar-refractivity contribution >= 4 is 18.3 Å². The van der Waals surface area contributed by atoms with Gasteiger partial charge in [0.2, 0.25) is 0 Å². The Morgan fingerprint density at radius 2 is 2.00 bits per heavy atom. The molecule has 19 heavy (non-hydrogen) atoms. The molecule has 0 spiro atoms. The lowest BCUT2D eigenvalue weighted by atomic mass is 10.1. The van der Waals surface area contributed by atoms with E-state index in [2.05, 4.69) is 10.6 Å². The molecule has 4 nitrogen and oxygen atoms in total. The van der Waals surface area contributed by atoms with Gasteiger partial charge in [-0.2, -0.15) is 0 Å². The lowest BCUT2D eigenvalue weighted by Gasteiger charge is -2.12. The Kier molecular flexibility index (Phi) is 3.15. The molecule has 1 saturated heterocycles. The number of carbonyl (C=O) groups is 1. The van der Waals surface area contributed by atoms with E-state index in [1.807, 2.05) is 24.3 Å². The van der Waals surface area contributed by atoms with Crippen molar-refractivity contribution in [1.29, 1.82) is 0 Å². The normalized spacial score (nSPS) is 33.7. The third-order valence-corrected chi connectivity index (χ3v) is 4.34. The van der Waals surface area contributed by atoms with Crippen LogP contribution >= 0.6 is 12.4 Å². The average Bonchev–Trinajstić information content (AvgIpc) is 2.84. The van der Waals surface area contributed by atoms with Crippen LogP contribution in [0.4, 0.5) is 0 Å². The molecule has 2 aliphatic heterocycles. The minimum atomic E-state index is -0.336. The summed E-state index contributed by atoms with van der Waals surface area (Å²) < 4.78 is 5.69. The van der Waals surface area contributed by atoms with Crippen molar-refractivity contribution in [2.45, 2.75) is 18.6 Å². The summed E-state index contributed by atoms with van der Waals surface area (Å²) in [6.07, 6.45) is 0.360. The molecule has 102 valence electrons. The number of para-hydroxylation sites is 1. The molecule has 0 radical (unpaired) electrons. The standard InChI is InChI=1S/C14H16N2O2.ClH/c17-14(16-13-9-6-15-7-10(9)13)12-5-8-3-1-2-4-11(8)18-12;/h1-4,9-10,12-13,15H,5-7H2,(H,16,17);1H. The maximum atomic E-state index is 12.1. The smallest absolute Gasteiger partial charge is 0.261 e. The molecule has 1 aromatic carbocycles. The number of ether oxygens (including phenoxy) is 1. The second kappa shape index (κ2) is 4.69. The Morgan fingerprint density at radius 1 is 1.26 bits per heavy atom. The van der Waals surface area contributed by atoms with Gasteiger partial charge in [0.1, 0.15) is 5.75 Å². The van der Waals surface area contributed by atoms with Crippen LogP contribution in [0.3, 0.4) is 0 Å². The van der Waals surface area contributed by atoms with E-state index >= 15 is 0 Å². The fourth-order valence-corrected chi connectivity index (χ4v) is 3.22. The fourth-order valence-electron chi connectivity index (χ4n) is 3.22. The quantitative estimate of drug-likeness (QED) is 0.840. The Bertz CT molecular complexity index is 473. The predicted octanol–water partition coefficient (Wildman–Crippen LogP) is 0.746. The highest BCUT2D eigenvalue weighted by Crippen LogP contribution is 2.41. The third-order valence-electron chi connectivity index (χ3n) is 4.34. The molecule has 4 rings (SSSR count). The summed E-state index contributed by atoms with van der Waals surface area (Å²) >= 11 is 0. The number of rotatable bonds is 2. The van der Waals surface area contributed by atoms with Crippen LogP contribution in [-0.4, -0.2) is 31.1 Å². The van der Waals surface area contributed by atoms with E-state index in [0.29, 0.717) is 24.3 Å². The summed E-state index contributed by atoms with van der Waals surface area (Å²) in [5.41, 5.74) is 1.13. The predicted molar refractivity (Wildman–Crippen MR) is 73.6 cm³/mol. The molecule has 5 heteroatoms. The highest BCUT2D eigenvalue weighted by atomic mass is 35.5. The van der Waals surface area contributed by atoms with Crippen molar-refractivity contribution in [2.24, 2.45) is 11.8 Å². The number of fused-ring (bicyclic) bond motifs is 2. The topological polar surface area (TPSA) is 50.4 Å². The largest absolute Gasteiger partial charge is 0.480 e. The molecule has 3 aliphatic rings. The van der Waals surface area contributed by atoms with Gasteiger partial charge in [-0.15, -0.1) is 12.4 Å². The van der Waals surface area contributed by atoms with Crippen LogP contribution in [-0.2, 0) is 11.2 Å². The van der Waals surface area contributed by atoms with Crippen LogP contribution in [0, 0.1) is 11.8 Å². The van der Waals surface area contributed by atoms with Gasteiger partial charge in [-0.25, -0.2) is 0 Å². The molecular weight excluding hydrogens is 264 g/mol. The summed E-state index contributed by atoms with van der Waals surface area (Å²) in [6.45, 7) is 2.09. The zero-order chi connectivity index (χ0) is 12.1. The second-order valence-electron chi connectivity index (χ2n) is 5.44. The van der Waals surface area contributed by atoms with Gasteiger partial charge in [0.15, 0.2) is 6.10 Å². The first-order chi connectivity index (χ1) is 8.83. The average molecular weight is 281 g/mol. The van der Waals surface area contributed by atoms with Crippen LogP contribution in [0.15, 0.2) is 24.3 Å². The van der Waals surface area contributed by atoms with Crippen molar-refractivity contribution in [3.05, 3.63) is 29.8 Å². The zero-order valence-corrected chi connectivity index (χ0v) is 11.3. The SMILES string of the molecule is Cl.O=C(NC1C2CNCC21)C1Cc2ccccc2O1. The zero-order valence-electron chi connectivity index (χ0n) is 10.5. The van der Waals surface area contributed by atoms with Gasteiger partial charge in [-0.1, -0.05) is 18.2 Å².